The Morgan fingerprint density at radius 3 is 2.42 bits per heavy atom. The van der Waals surface area contributed by atoms with Crippen LogP contribution in [0.25, 0.3) is 0 Å². The van der Waals surface area contributed by atoms with Crippen LogP contribution in [0.1, 0.15) is 19.8 Å². The highest BCUT2D eigenvalue weighted by molar-refractivity contribution is 5.85. The summed E-state index contributed by atoms with van der Waals surface area (Å²) in [7, 11) is 0. The molecule has 19 heavy (non-hydrogen) atoms. The number of benzene rings is 1. The lowest BCUT2D eigenvalue weighted by atomic mass is 10.2. The fraction of sp³-hybridized carbons (Fsp3) is 0.308. The van der Waals surface area contributed by atoms with E-state index in [-0.39, 0.29) is 12.8 Å². The van der Waals surface area contributed by atoms with Crippen LogP contribution < -0.4 is 10.5 Å². The molecule has 1 atom stereocenters. The Bertz CT molecular complexity index is 457. The lowest BCUT2D eigenvalue weighted by Crippen LogP contribution is -2.34. The predicted octanol–water partition coefficient (Wildman–Crippen LogP) is 0.789. The first-order valence-corrected chi connectivity index (χ1v) is 5.72. The molecule has 0 radical (unpaired) electrons. The van der Waals surface area contributed by atoms with Crippen molar-refractivity contribution in [2.75, 3.05) is 0 Å². The zero-order chi connectivity index (χ0) is 14.3. The smallest absolute Gasteiger partial charge is 0.328 e. The zero-order valence-electron chi connectivity index (χ0n) is 10.5. The Balaban J connectivity index is 2.37. The molecule has 0 fully saturated rings. The molecule has 2 N–H and O–H groups in total. The Morgan fingerprint density at radius 2 is 1.84 bits per heavy atom. The second kappa shape index (κ2) is 7.27. The van der Waals surface area contributed by atoms with Crippen molar-refractivity contribution in [3.8, 4) is 5.75 Å². The molecule has 1 aromatic carbocycles. The third kappa shape index (κ3) is 5.78. The zero-order valence-corrected chi connectivity index (χ0v) is 10.5. The third-order valence-electron chi connectivity index (χ3n) is 2.18. The van der Waals surface area contributed by atoms with E-state index in [1.165, 1.54) is 0 Å². The number of carbonyl (C=O) groups is 3. The lowest BCUT2D eigenvalue weighted by Gasteiger charge is -2.10. The van der Waals surface area contributed by atoms with Gasteiger partial charge in [-0.1, -0.05) is 18.2 Å². The summed E-state index contributed by atoms with van der Waals surface area (Å²) in [4.78, 5) is 33.2. The molecule has 0 unspecified atom stereocenters. The van der Waals surface area contributed by atoms with Gasteiger partial charge in [0.25, 0.3) is 0 Å². The Hall–Kier alpha value is -2.21. The minimum atomic E-state index is -0.945. The van der Waals surface area contributed by atoms with Crippen molar-refractivity contribution in [2.45, 2.75) is 25.8 Å². The van der Waals surface area contributed by atoms with Crippen molar-refractivity contribution in [1.82, 2.24) is 0 Å². The van der Waals surface area contributed by atoms with Gasteiger partial charge in [0.15, 0.2) is 0 Å². The molecule has 0 bridgehead atoms. The number of carbonyl (C=O) groups excluding carboxylic acids is 3. The summed E-state index contributed by atoms with van der Waals surface area (Å²) >= 11 is 0. The minimum Gasteiger partial charge on any atom is -0.425 e. The van der Waals surface area contributed by atoms with E-state index in [4.69, 9.17) is 10.5 Å². The van der Waals surface area contributed by atoms with Crippen LogP contribution in [0.2, 0.25) is 0 Å². The molecule has 6 nitrogen and oxygen atoms in total. The molecular formula is C13H15NO5. The molecule has 0 spiro atoms. The van der Waals surface area contributed by atoms with Crippen molar-refractivity contribution in [2.24, 2.45) is 5.73 Å². The molecule has 0 aliphatic carbocycles. The van der Waals surface area contributed by atoms with Crippen molar-refractivity contribution < 1.29 is 23.9 Å². The molecule has 1 rings (SSSR count). The first-order chi connectivity index (χ1) is 8.99. The predicted molar refractivity (Wildman–Crippen MR) is 66.1 cm³/mol. The van der Waals surface area contributed by atoms with E-state index in [0.29, 0.717) is 5.75 Å². The molecule has 1 aromatic rings. The summed E-state index contributed by atoms with van der Waals surface area (Å²) in [6.45, 7) is 1.13. The van der Waals surface area contributed by atoms with E-state index in [2.05, 4.69) is 4.74 Å². The summed E-state index contributed by atoms with van der Waals surface area (Å²) < 4.78 is 9.32. The van der Waals surface area contributed by atoms with E-state index in [0.717, 1.165) is 6.92 Å². The summed E-state index contributed by atoms with van der Waals surface area (Å²) in [6, 6.07) is 7.52. The standard InChI is InChI=1S/C13H15NO5/c1-9(15)18-12(16)8-7-11(14)13(17)19-10-5-3-2-4-6-10/h2-6,11H,7-8,14H2,1H3/t11-/m0/s1. The highest BCUT2D eigenvalue weighted by Gasteiger charge is 2.18. The monoisotopic (exact) mass is 265 g/mol. The number of hydrogen-bond acceptors (Lipinski definition) is 6. The maximum absolute atomic E-state index is 11.6. The second-order valence-corrected chi connectivity index (χ2v) is 3.84. The van der Waals surface area contributed by atoms with Crippen LogP contribution in [-0.4, -0.2) is 23.9 Å². The van der Waals surface area contributed by atoms with Crippen LogP contribution in [0.15, 0.2) is 30.3 Å². The third-order valence-corrected chi connectivity index (χ3v) is 2.18. The minimum absolute atomic E-state index is 0.0534. The van der Waals surface area contributed by atoms with Gasteiger partial charge in [-0.15, -0.1) is 0 Å². The van der Waals surface area contributed by atoms with Gasteiger partial charge in [0.2, 0.25) is 0 Å². The SMILES string of the molecule is CC(=O)OC(=O)CC[C@H](N)C(=O)Oc1ccccc1. The molecular weight excluding hydrogens is 250 g/mol. The van der Waals surface area contributed by atoms with E-state index in [9.17, 15) is 14.4 Å². The van der Waals surface area contributed by atoms with Gasteiger partial charge in [0.1, 0.15) is 11.8 Å². The molecule has 0 aliphatic rings. The molecule has 6 heteroatoms. The topological polar surface area (TPSA) is 95.7 Å². The maximum Gasteiger partial charge on any atom is 0.328 e. The Kier molecular flexibility index (Phi) is 5.69. The Morgan fingerprint density at radius 1 is 1.21 bits per heavy atom. The van der Waals surface area contributed by atoms with Crippen LogP contribution in [0.5, 0.6) is 5.75 Å². The average molecular weight is 265 g/mol. The van der Waals surface area contributed by atoms with Gasteiger partial charge >= 0.3 is 17.9 Å². The van der Waals surface area contributed by atoms with Crippen molar-refractivity contribution in [3.63, 3.8) is 0 Å². The van der Waals surface area contributed by atoms with Gasteiger partial charge in [-0.05, 0) is 18.6 Å². The number of hydrogen-bond donors (Lipinski definition) is 1. The number of para-hydroxylation sites is 1. The summed E-state index contributed by atoms with van der Waals surface area (Å²) in [6.07, 6.45) is -0.0670. The lowest BCUT2D eigenvalue weighted by molar-refractivity contribution is -0.158. The van der Waals surface area contributed by atoms with Gasteiger partial charge in [-0.2, -0.15) is 0 Å². The maximum atomic E-state index is 11.6. The van der Waals surface area contributed by atoms with Gasteiger partial charge in [-0.25, -0.2) is 4.79 Å². The number of ether oxygens (including phenoxy) is 2. The highest BCUT2D eigenvalue weighted by atomic mass is 16.6. The molecule has 0 saturated heterocycles. The van der Waals surface area contributed by atoms with E-state index in [1.54, 1.807) is 30.3 Å². The quantitative estimate of drug-likeness (QED) is 0.480. The normalized spacial score (nSPS) is 11.5. The summed E-state index contributed by atoms with van der Waals surface area (Å²) in [5, 5.41) is 0. The largest absolute Gasteiger partial charge is 0.425 e. The summed E-state index contributed by atoms with van der Waals surface area (Å²) in [5.41, 5.74) is 5.58. The number of esters is 3. The number of rotatable bonds is 5. The second-order valence-electron chi connectivity index (χ2n) is 3.84. The van der Waals surface area contributed by atoms with Crippen LogP contribution >= 0.6 is 0 Å². The fourth-order valence-electron chi connectivity index (χ4n) is 1.28. The van der Waals surface area contributed by atoms with E-state index in [1.807, 2.05) is 0 Å². The molecule has 0 aromatic heterocycles. The van der Waals surface area contributed by atoms with Crippen LogP contribution in [-0.2, 0) is 19.1 Å². The molecule has 0 saturated carbocycles. The Labute approximate surface area is 110 Å². The molecule has 0 amide bonds. The molecule has 102 valence electrons. The average Bonchev–Trinajstić information content (AvgIpc) is 2.36. The number of nitrogens with two attached hydrogens (primary N) is 1. The fourth-order valence-corrected chi connectivity index (χ4v) is 1.28. The van der Waals surface area contributed by atoms with Crippen LogP contribution in [0.4, 0.5) is 0 Å². The van der Waals surface area contributed by atoms with E-state index >= 15 is 0 Å². The van der Waals surface area contributed by atoms with Crippen LogP contribution in [0.3, 0.4) is 0 Å². The van der Waals surface area contributed by atoms with Crippen molar-refractivity contribution in [3.05, 3.63) is 30.3 Å². The van der Waals surface area contributed by atoms with Crippen LogP contribution in [0, 0.1) is 0 Å². The first-order valence-electron chi connectivity index (χ1n) is 5.72. The van der Waals surface area contributed by atoms with Gasteiger partial charge in [0, 0.05) is 13.3 Å². The molecule has 0 aliphatic heterocycles. The van der Waals surface area contributed by atoms with E-state index < -0.39 is 23.9 Å². The first kappa shape index (κ1) is 14.8. The highest BCUT2D eigenvalue weighted by Crippen LogP contribution is 2.10. The van der Waals surface area contributed by atoms with Crippen molar-refractivity contribution in [1.29, 1.82) is 0 Å². The van der Waals surface area contributed by atoms with Gasteiger partial charge in [0.05, 0.1) is 0 Å². The summed E-state index contributed by atoms with van der Waals surface area (Å²) in [5.74, 6) is -1.66. The molecule has 0 heterocycles. The van der Waals surface area contributed by atoms with Crippen molar-refractivity contribution >= 4 is 17.9 Å². The van der Waals surface area contributed by atoms with Gasteiger partial charge < -0.3 is 15.2 Å². The van der Waals surface area contributed by atoms with Gasteiger partial charge in [-0.3, -0.25) is 9.59 Å².